The molecule has 0 N–H and O–H groups in total. The molecule has 1 saturated heterocycles. The van der Waals surface area contributed by atoms with E-state index < -0.39 is 33.4 Å². The molecule has 0 amide bonds. The van der Waals surface area contributed by atoms with Crippen molar-refractivity contribution in [3.63, 3.8) is 0 Å². The van der Waals surface area contributed by atoms with Gasteiger partial charge >= 0.3 is 23.3 Å². The lowest BCUT2D eigenvalue weighted by Crippen LogP contribution is -2.63. The van der Waals surface area contributed by atoms with Gasteiger partial charge in [0.05, 0.1) is 6.61 Å². The minimum absolute atomic E-state index is 0.512. The molecule has 220 valence electrons. The Hall–Kier alpha value is -1.87. The van der Waals surface area contributed by atoms with Gasteiger partial charge in [-0.1, -0.05) is 18.9 Å². The van der Waals surface area contributed by atoms with Crippen molar-refractivity contribution in [1.82, 2.24) is 0 Å². The summed E-state index contributed by atoms with van der Waals surface area (Å²) in [5, 5.41) is -4.43. The molecule has 0 spiro atoms. The Balaban J connectivity index is 0.000000225. The fourth-order valence-corrected chi connectivity index (χ4v) is 7.05. The second kappa shape index (κ2) is 11.6. The van der Waals surface area contributed by atoms with E-state index in [0.29, 0.717) is 10.9 Å². The molecule has 1 saturated carbocycles. The average Bonchev–Trinajstić information content (AvgIpc) is 3.56. The standard InChI is InChI=1S/C20H25OS.C4HF9O3S/c1-2-6-16(5-1)15-21-19-9-7-18-14-20(10-8-17(18)13-19)22-11-3-4-12-22;5-1(6,3(9,10)11)2(7,8)4(12,13)17(14,15)16/h7-10,13-14,16H,1-6,11-12,15H2;(H,14,15,16)/q+1;/p-1. The summed E-state index contributed by atoms with van der Waals surface area (Å²) in [6.45, 7) is 0.896. The highest BCUT2D eigenvalue weighted by Gasteiger charge is 2.83. The monoisotopic (exact) mass is 612 g/mol. The third-order valence-electron chi connectivity index (χ3n) is 6.54. The molecule has 4 rings (SSSR count). The molecular weight excluding hydrogens is 587 g/mol. The van der Waals surface area contributed by atoms with Crippen LogP contribution in [0.25, 0.3) is 10.8 Å². The highest BCUT2D eigenvalue weighted by Crippen LogP contribution is 2.54. The maximum absolute atomic E-state index is 12.2. The molecule has 15 heteroatoms. The lowest BCUT2D eigenvalue weighted by atomic mass is 10.1. The van der Waals surface area contributed by atoms with Crippen LogP contribution in [0.2, 0.25) is 0 Å². The molecule has 1 aliphatic heterocycles. The maximum Gasteiger partial charge on any atom is 0.460 e. The van der Waals surface area contributed by atoms with E-state index in [0.717, 1.165) is 18.3 Å². The molecule has 1 aliphatic carbocycles. The molecule has 2 aromatic rings. The van der Waals surface area contributed by atoms with Crippen molar-refractivity contribution in [2.24, 2.45) is 5.92 Å². The summed E-state index contributed by atoms with van der Waals surface area (Å²) < 4.78 is 141. The first-order chi connectivity index (χ1) is 17.9. The van der Waals surface area contributed by atoms with Gasteiger partial charge in [-0.25, -0.2) is 8.42 Å². The minimum Gasteiger partial charge on any atom is -0.743 e. The second-order valence-electron chi connectivity index (χ2n) is 9.36. The van der Waals surface area contributed by atoms with Gasteiger partial charge in [-0.15, -0.1) is 0 Å². The third-order valence-corrected chi connectivity index (χ3v) is 9.91. The number of hydrogen-bond acceptors (Lipinski definition) is 4. The highest BCUT2D eigenvalue weighted by atomic mass is 32.2. The van der Waals surface area contributed by atoms with Crippen molar-refractivity contribution in [2.45, 2.75) is 66.7 Å². The number of benzene rings is 2. The summed E-state index contributed by atoms with van der Waals surface area (Å²) >= 11 is 0. The lowest BCUT2D eigenvalue weighted by molar-refractivity contribution is -0.382. The molecule has 1 heterocycles. The van der Waals surface area contributed by atoms with Gasteiger partial charge in [-0.3, -0.25) is 0 Å². The second-order valence-corrected chi connectivity index (χ2v) is 13.1. The Morgan fingerprint density at radius 2 is 1.33 bits per heavy atom. The molecule has 0 atom stereocenters. The summed E-state index contributed by atoms with van der Waals surface area (Å²) in [6.07, 6.45) is 1.13. The highest BCUT2D eigenvalue weighted by molar-refractivity contribution is 7.97. The number of hydrogen-bond donors (Lipinski definition) is 0. The van der Waals surface area contributed by atoms with E-state index >= 15 is 0 Å². The van der Waals surface area contributed by atoms with Crippen LogP contribution in [0.5, 0.6) is 5.75 Å². The van der Waals surface area contributed by atoms with E-state index in [1.54, 1.807) is 4.90 Å². The predicted octanol–water partition coefficient (Wildman–Crippen LogP) is 7.14. The maximum atomic E-state index is 12.2. The van der Waals surface area contributed by atoms with Crippen LogP contribution in [0, 0.1) is 5.92 Å². The van der Waals surface area contributed by atoms with Crippen LogP contribution in [0.15, 0.2) is 41.3 Å². The van der Waals surface area contributed by atoms with Crippen LogP contribution in [-0.4, -0.2) is 54.4 Å². The van der Waals surface area contributed by atoms with Crippen LogP contribution in [-0.2, 0) is 21.0 Å². The quantitative estimate of drug-likeness (QED) is 0.190. The average molecular weight is 613 g/mol. The fourth-order valence-electron chi connectivity index (χ4n) is 4.27. The van der Waals surface area contributed by atoms with E-state index in [4.69, 9.17) is 4.74 Å². The summed E-state index contributed by atoms with van der Waals surface area (Å²) in [7, 11) is -6.91. The summed E-state index contributed by atoms with van der Waals surface area (Å²) in [6, 6.07) is 13.6. The SMILES string of the molecule is O=S(=O)([O-])C(F)(F)C(F)(F)C(F)(F)C(F)(F)F.c1cc2cc([S+]3CCCC3)ccc2cc1OCC1CCCC1. The van der Waals surface area contributed by atoms with E-state index in [2.05, 4.69) is 36.4 Å². The fraction of sp³-hybridized carbons (Fsp3) is 0.583. The van der Waals surface area contributed by atoms with Gasteiger partial charge in [0.25, 0.3) is 0 Å². The van der Waals surface area contributed by atoms with Crippen LogP contribution >= 0.6 is 0 Å². The van der Waals surface area contributed by atoms with E-state index in [1.807, 2.05) is 0 Å². The zero-order valence-electron chi connectivity index (χ0n) is 20.3. The van der Waals surface area contributed by atoms with Gasteiger partial charge in [0.1, 0.15) is 17.3 Å². The Labute approximate surface area is 222 Å². The van der Waals surface area contributed by atoms with Crippen molar-refractivity contribution in [1.29, 1.82) is 0 Å². The molecule has 0 unspecified atom stereocenters. The Morgan fingerprint density at radius 1 is 0.795 bits per heavy atom. The van der Waals surface area contributed by atoms with Crippen LogP contribution in [0.4, 0.5) is 39.5 Å². The molecular formula is C24H25F9O4S2. The summed E-state index contributed by atoms with van der Waals surface area (Å²) in [5.74, 6) is -10.2. The molecule has 0 radical (unpaired) electrons. The van der Waals surface area contributed by atoms with E-state index in [9.17, 15) is 52.5 Å². The lowest BCUT2D eigenvalue weighted by Gasteiger charge is -2.34. The molecule has 4 nitrogen and oxygen atoms in total. The summed E-state index contributed by atoms with van der Waals surface area (Å²) in [4.78, 5) is 1.56. The molecule has 2 aliphatic rings. The largest absolute Gasteiger partial charge is 0.743 e. The van der Waals surface area contributed by atoms with Gasteiger partial charge in [0.2, 0.25) is 0 Å². The van der Waals surface area contributed by atoms with Crippen LogP contribution in [0.3, 0.4) is 0 Å². The molecule has 0 bridgehead atoms. The molecule has 2 aromatic carbocycles. The first-order valence-corrected chi connectivity index (χ1v) is 14.9. The van der Waals surface area contributed by atoms with E-state index in [1.165, 1.54) is 60.8 Å². The van der Waals surface area contributed by atoms with Crippen LogP contribution < -0.4 is 4.74 Å². The van der Waals surface area contributed by atoms with Crippen molar-refractivity contribution in [3.05, 3.63) is 36.4 Å². The van der Waals surface area contributed by atoms with Crippen molar-refractivity contribution in [3.8, 4) is 5.75 Å². The molecule has 2 fully saturated rings. The van der Waals surface area contributed by atoms with E-state index in [-0.39, 0.29) is 0 Å². The van der Waals surface area contributed by atoms with Gasteiger partial charge in [0, 0.05) is 17.0 Å². The van der Waals surface area contributed by atoms with Crippen molar-refractivity contribution in [2.75, 3.05) is 18.1 Å². The number of ether oxygens (including phenoxy) is 1. The Bertz CT molecular complexity index is 1240. The van der Waals surface area contributed by atoms with Crippen LogP contribution in [0.1, 0.15) is 38.5 Å². The Morgan fingerprint density at radius 3 is 1.87 bits per heavy atom. The Kier molecular flexibility index (Phi) is 9.38. The number of halogens is 9. The van der Waals surface area contributed by atoms with Crippen molar-refractivity contribution < 1.29 is 57.2 Å². The van der Waals surface area contributed by atoms with Gasteiger partial charge < -0.3 is 9.29 Å². The first kappa shape index (κ1) is 31.7. The predicted molar refractivity (Wildman–Crippen MR) is 127 cm³/mol. The number of fused-ring (bicyclic) bond motifs is 1. The number of rotatable bonds is 7. The molecule has 0 aromatic heterocycles. The normalized spacial score (nSPS) is 18.3. The smallest absolute Gasteiger partial charge is 0.460 e. The zero-order chi connectivity index (χ0) is 29.3. The van der Waals surface area contributed by atoms with Gasteiger partial charge in [-0.05, 0) is 66.6 Å². The summed E-state index contributed by atoms with van der Waals surface area (Å²) in [5.41, 5.74) is 0. The van der Waals surface area contributed by atoms with Gasteiger partial charge in [-0.2, -0.15) is 39.5 Å². The first-order valence-electron chi connectivity index (χ1n) is 11.9. The molecule has 39 heavy (non-hydrogen) atoms. The minimum atomic E-state index is -7.43. The zero-order valence-corrected chi connectivity index (χ0v) is 21.9. The number of alkyl halides is 9. The van der Waals surface area contributed by atoms with Gasteiger partial charge in [0.15, 0.2) is 15.0 Å². The topological polar surface area (TPSA) is 66.4 Å². The third kappa shape index (κ3) is 6.72. The van der Waals surface area contributed by atoms with Crippen molar-refractivity contribution >= 4 is 31.8 Å².